The molecule has 2 aliphatic rings. The summed E-state index contributed by atoms with van der Waals surface area (Å²) < 4.78 is 11.4. The average molecular weight is 549 g/mol. The molecular weight excluding hydrogens is 520 g/mol. The van der Waals surface area contributed by atoms with Crippen molar-refractivity contribution in [3.05, 3.63) is 131 Å². The third-order valence-corrected chi connectivity index (χ3v) is 7.25. The fourth-order valence-electron chi connectivity index (χ4n) is 5.22. The van der Waals surface area contributed by atoms with Crippen LogP contribution >= 0.6 is 0 Å². The molecule has 0 bridgehead atoms. The van der Waals surface area contributed by atoms with Gasteiger partial charge in [0.15, 0.2) is 0 Å². The second-order valence-electron chi connectivity index (χ2n) is 9.83. The van der Waals surface area contributed by atoms with Gasteiger partial charge in [0.1, 0.15) is 23.3 Å². The zero-order chi connectivity index (χ0) is 28.3. The number of rotatable bonds is 8. The molecule has 4 aromatic rings. The van der Waals surface area contributed by atoms with Crippen LogP contribution in [-0.4, -0.2) is 41.2 Å². The summed E-state index contributed by atoms with van der Waals surface area (Å²) in [7, 11) is 1.63. The van der Waals surface area contributed by atoms with Gasteiger partial charge in [-0.3, -0.25) is 14.5 Å². The van der Waals surface area contributed by atoms with Crippen molar-refractivity contribution in [2.24, 2.45) is 0 Å². The minimum absolute atomic E-state index is 0.0997. The van der Waals surface area contributed by atoms with Crippen molar-refractivity contribution in [2.75, 3.05) is 13.6 Å². The molecule has 9 heteroatoms. The first-order valence-electron chi connectivity index (χ1n) is 13.3. The molecule has 0 radical (unpaired) electrons. The van der Waals surface area contributed by atoms with E-state index in [1.165, 1.54) is 16.1 Å². The SMILES string of the molecule is CN1C(=O)N[C@@H](c2cccc(Oc3ccccc3)c2)C2=C1CN([C@H](C(=O)NCc1ccco1)c1ccccc1)C2=O. The van der Waals surface area contributed by atoms with Crippen molar-refractivity contribution in [2.45, 2.75) is 18.6 Å². The molecular formula is C32H28N4O5. The molecule has 0 spiro atoms. The van der Waals surface area contributed by atoms with Crippen LogP contribution in [0, 0.1) is 0 Å². The van der Waals surface area contributed by atoms with Crippen LogP contribution in [0.15, 0.2) is 119 Å². The topological polar surface area (TPSA) is 104 Å². The Morgan fingerprint density at radius 3 is 2.44 bits per heavy atom. The Balaban J connectivity index is 1.32. The number of furan rings is 1. The van der Waals surface area contributed by atoms with Crippen molar-refractivity contribution in [1.29, 1.82) is 0 Å². The number of urea groups is 1. The molecule has 0 saturated carbocycles. The van der Waals surface area contributed by atoms with Crippen LogP contribution in [0.5, 0.6) is 11.5 Å². The Morgan fingerprint density at radius 1 is 0.976 bits per heavy atom. The molecule has 4 amide bonds. The van der Waals surface area contributed by atoms with E-state index in [2.05, 4.69) is 10.6 Å². The highest BCUT2D eigenvalue weighted by Gasteiger charge is 2.46. The number of benzene rings is 3. The Bertz CT molecular complexity index is 1600. The molecule has 2 aliphatic heterocycles. The smallest absolute Gasteiger partial charge is 0.322 e. The maximum atomic E-state index is 14.2. The quantitative estimate of drug-likeness (QED) is 0.325. The van der Waals surface area contributed by atoms with Gasteiger partial charge in [0.2, 0.25) is 5.91 Å². The van der Waals surface area contributed by atoms with E-state index in [1.54, 1.807) is 19.2 Å². The highest BCUT2D eigenvalue weighted by molar-refractivity contribution is 6.03. The van der Waals surface area contributed by atoms with Crippen LogP contribution < -0.4 is 15.4 Å². The lowest BCUT2D eigenvalue weighted by Crippen LogP contribution is -2.45. The van der Waals surface area contributed by atoms with Crippen LogP contribution in [0.4, 0.5) is 4.79 Å². The summed E-state index contributed by atoms with van der Waals surface area (Å²) in [6.45, 7) is 0.281. The molecule has 0 fully saturated rings. The number of carbonyl (C=O) groups is 3. The van der Waals surface area contributed by atoms with Gasteiger partial charge in [-0.05, 0) is 47.5 Å². The molecule has 41 heavy (non-hydrogen) atoms. The number of nitrogens with zero attached hydrogens (tertiary/aromatic N) is 2. The van der Waals surface area contributed by atoms with E-state index in [9.17, 15) is 14.4 Å². The molecule has 3 aromatic carbocycles. The zero-order valence-electron chi connectivity index (χ0n) is 22.3. The van der Waals surface area contributed by atoms with E-state index < -0.39 is 12.1 Å². The Morgan fingerprint density at radius 2 is 1.71 bits per heavy atom. The summed E-state index contributed by atoms with van der Waals surface area (Å²) in [5.41, 5.74) is 2.33. The normalized spacial score (nSPS) is 17.2. The number of nitrogens with one attached hydrogen (secondary N) is 2. The number of likely N-dealkylation sites (N-methyl/N-ethyl adjacent to an activating group) is 1. The fourth-order valence-corrected chi connectivity index (χ4v) is 5.22. The summed E-state index contributed by atoms with van der Waals surface area (Å²) in [4.78, 5) is 43.8. The highest BCUT2D eigenvalue weighted by atomic mass is 16.5. The largest absolute Gasteiger partial charge is 0.467 e. The van der Waals surface area contributed by atoms with Crippen molar-refractivity contribution in [1.82, 2.24) is 20.4 Å². The summed E-state index contributed by atoms with van der Waals surface area (Å²) in [5, 5.41) is 5.86. The minimum atomic E-state index is -0.916. The maximum Gasteiger partial charge on any atom is 0.322 e. The number of carbonyl (C=O) groups excluding carboxylic acids is 3. The van der Waals surface area contributed by atoms with Crippen LogP contribution in [0.1, 0.15) is 29.0 Å². The van der Waals surface area contributed by atoms with Gasteiger partial charge in [0.05, 0.1) is 36.7 Å². The van der Waals surface area contributed by atoms with E-state index in [1.807, 2.05) is 84.9 Å². The Kier molecular flexibility index (Phi) is 6.99. The van der Waals surface area contributed by atoms with Gasteiger partial charge in [-0.2, -0.15) is 0 Å². The second kappa shape index (κ2) is 11.1. The Labute approximate surface area is 237 Å². The van der Waals surface area contributed by atoms with Crippen molar-refractivity contribution >= 4 is 17.8 Å². The predicted molar refractivity (Wildman–Crippen MR) is 150 cm³/mol. The third kappa shape index (κ3) is 5.17. The molecule has 3 heterocycles. The van der Waals surface area contributed by atoms with Gasteiger partial charge in [-0.15, -0.1) is 0 Å². The third-order valence-electron chi connectivity index (χ3n) is 7.25. The molecule has 2 atom stereocenters. The lowest BCUT2D eigenvalue weighted by atomic mass is 9.95. The summed E-state index contributed by atoms with van der Waals surface area (Å²) >= 11 is 0. The van der Waals surface area contributed by atoms with Gasteiger partial charge in [0, 0.05) is 7.05 Å². The number of para-hydroxylation sites is 1. The maximum absolute atomic E-state index is 14.2. The van der Waals surface area contributed by atoms with Crippen LogP contribution in [-0.2, 0) is 16.1 Å². The molecule has 1 aromatic heterocycles. The average Bonchev–Trinajstić information content (AvgIpc) is 3.64. The lowest BCUT2D eigenvalue weighted by Gasteiger charge is -2.31. The molecule has 6 rings (SSSR count). The standard InChI is InChI=1S/C32H28N4O5/c1-35-26-20-36(29(21-10-4-2-5-11-21)30(37)33-19-25-16-9-17-40-25)31(38)27(26)28(34-32(35)39)22-12-8-15-24(18-22)41-23-13-6-3-7-14-23/h2-18,28-29H,19-20H2,1H3,(H,33,37)(H,34,39)/t28-,29-/m0/s1. The second-order valence-corrected chi connectivity index (χ2v) is 9.83. The lowest BCUT2D eigenvalue weighted by molar-refractivity contribution is -0.136. The Hall–Kier alpha value is -5.31. The molecule has 2 N–H and O–H groups in total. The predicted octanol–water partition coefficient (Wildman–Crippen LogP) is 4.92. The van der Waals surface area contributed by atoms with Crippen LogP contribution in [0.3, 0.4) is 0 Å². The molecule has 0 aliphatic carbocycles. The van der Waals surface area contributed by atoms with Gasteiger partial charge >= 0.3 is 6.03 Å². The first kappa shape index (κ1) is 25.9. The van der Waals surface area contributed by atoms with Crippen molar-refractivity contribution < 1.29 is 23.5 Å². The van der Waals surface area contributed by atoms with Crippen LogP contribution in [0.25, 0.3) is 0 Å². The summed E-state index contributed by atoms with van der Waals surface area (Å²) in [5.74, 6) is 1.17. The monoisotopic (exact) mass is 548 g/mol. The molecule has 0 unspecified atom stereocenters. The van der Waals surface area contributed by atoms with Gasteiger partial charge in [0.25, 0.3) is 5.91 Å². The van der Waals surface area contributed by atoms with Crippen molar-refractivity contribution in [3.8, 4) is 11.5 Å². The van der Waals surface area contributed by atoms with E-state index in [4.69, 9.17) is 9.15 Å². The zero-order valence-corrected chi connectivity index (χ0v) is 22.3. The number of hydrogen-bond donors (Lipinski definition) is 2. The first-order valence-corrected chi connectivity index (χ1v) is 13.3. The van der Waals surface area contributed by atoms with E-state index >= 15 is 0 Å². The first-order chi connectivity index (χ1) is 20.0. The van der Waals surface area contributed by atoms with Crippen molar-refractivity contribution in [3.63, 3.8) is 0 Å². The van der Waals surface area contributed by atoms with Crippen LogP contribution in [0.2, 0.25) is 0 Å². The van der Waals surface area contributed by atoms with E-state index in [-0.39, 0.29) is 30.9 Å². The summed E-state index contributed by atoms with van der Waals surface area (Å²) in [6, 6.07) is 27.4. The molecule has 9 nitrogen and oxygen atoms in total. The van der Waals surface area contributed by atoms with E-state index in [0.717, 1.165) is 0 Å². The molecule has 206 valence electrons. The van der Waals surface area contributed by atoms with Gasteiger partial charge in [-0.1, -0.05) is 60.7 Å². The van der Waals surface area contributed by atoms with Gasteiger partial charge < -0.3 is 24.7 Å². The fraction of sp³-hybridized carbons (Fsp3) is 0.156. The number of amides is 4. The summed E-state index contributed by atoms with van der Waals surface area (Å²) in [6.07, 6.45) is 1.54. The molecule has 0 saturated heterocycles. The minimum Gasteiger partial charge on any atom is -0.467 e. The van der Waals surface area contributed by atoms with E-state index in [0.29, 0.717) is 39.7 Å². The van der Waals surface area contributed by atoms with Gasteiger partial charge in [-0.25, -0.2) is 4.79 Å². The highest BCUT2D eigenvalue weighted by Crippen LogP contribution is 2.40. The number of ether oxygens (including phenoxy) is 1. The number of hydrogen-bond acceptors (Lipinski definition) is 5.